The zero-order valence-electron chi connectivity index (χ0n) is 12.5. The minimum Gasteiger partial charge on any atom is -0.491 e. The highest BCUT2D eigenvalue weighted by Gasteiger charge is 2.34. The van der Waals surface area contributed by atoms with Gasteiger partial charge < -0.3 is 9.47 Å². The van der Waals surface area contributed by atoms with Gasteiger partial charge in [0, 0.05) is 11.1 Å². The van der Waals surface area contributed by atoms with Gasteiger partial charge in [-0.25, -0.2) is 0 Å². The van der Waals surface area contributed by atoms with Crippen molar-refractivity contribution in [3.05, 3.63) is 64.7 Å². The molecule has 2 aromatic carbocycles. The van der Waals surface area contributed by atoms with E-state index in [2.05, 4.69) is 0 Å². The molecule has 0 N–H and O–H groups in total. The molecule has 22 heavy (non-hydrogen) atoms. The smallest absolute Gasteiger partial charge is 0.316 e. The van der Waals surface area contributed by atoms with Crippen LogP contribution in [0.25, 0.3) is 0 Å². The Morgan fingerprint density at radius 1 is 1.18 bits per heavy atom. The number of hydrogen-bond acceptors (Lipinski definition) is 4. The number of esters is 1. The molecular weight excluding hydrogens is 280 g/mol. The minimum absolute atomic E-state index is 0.105. The number of hydrogen-bond donors (Lipinski definition) is 0. The van der Waals surface area contributed by atoms with Crippen LogP contribution in [0.2, 0.25) is 0 Å². The van der Waals surface area contributed by atoms with Crippen molar-refractivity contribution in [3.8, 4) is 5.75 Å². The Bertz CT molecular complexity index is 734. The summed E-state index contributed by atoms with van der Waals surface area (Å²) in [5.74, 6) is -0.425. The van der Waals surface area contributed by atoms with Crippen molar-refractivity contribution in [2.24, 2.45) is 0 Å². The highest BCUT2D eigenvalue weighted by molar-refractivity contribution is 6.11. The topological polar surface area (TPSA) is 52.6 Å². The van der Waals surface area contributed by atoms with Crippen molar-refractivity contribution < 1.29 is 19.1 Å². The van der Waals surface area contributed by atoms with Crippen LogP contribution in [-0.4, -0.2) is 25.5 Å². The Kier molecular flexibility index (Phi) is 3.67. The number of fused-ring (bicyclic) bond motifs is 1. The molecule has 112 valence electrons. The average molecular weight is 296 g/mol. The zero-order chi connectivity index (χ0) is 15.7. The van der Waals surface area contributed by atoms with Crippen molar-refractivity contribution in [2.75, 3.05) is 13.7 Å². The van der Waals surface area contributed by atoms with Crippen molar-refractivity contribution in [1.82, 2.24) is 0 Å². The molecule has 0 radical (unpaired) electrons. The number of methoxy groups -OCH3 is 1. The van der Waals surface area contributed by atoms with Crippen LogP contribution in [-0.2, 0) is 9.53 Å². The Morgan fingerprint density at radius 2 is 1.91 bits per heavy atom. The maximum Gasteiger partial charge on any atom is 0.316 e. The molecule has 4 heteroatoms. The molecule has 1 heterocycles. The van der Waals surface area contributed by atoms with E-state index in [0.717, 1.165) is 11.1 Å². The van der Waals surface area contributed by atoms with Gasteiger partial charge in [-0.3, -0.25) is 9.59 Å². The first-order valence-electron chi connectivity index (χ1n) is 7.06. The van der Waals surface area contributed by atoms with Gasteiger partial charge in [-0.15, -0.1) is 0 Å². The predicted octanol–water partition coefficient (Wildman–Crippen LogP) is 2.88. The molecule has 0 aromatic heterocycles. The normalized spacial score (nSPS) is 15.8. The standard InChI is InChI=1S/C18H16O4/c1-11-8-13-15(18(20)21-2)10-22-17(13)14(9-11)16(19)12-6-4-3-5-7-12/h3-9,15H,10H2,1-2H3. The largest absolute Gasteiger partial charge is 0.491 e. The van der Waals surface area contributed by atoms with Crippen molar-refractivity contribution in [3.63, 3.8) is 0 Å². The van der Waals surface area contributed by atoms with E-state index in [0.29, 0.717) is 16.9 Å². The Balaban J connectivity index is 2.08. The zero-order valence-corrected chi connectivity index (χ0v) is 12.5. The summed E-state index contributed by atoms with van der Waals surface area (Å²) in [7, 11) is 1.35. The average Bonchev–Trinajstić information content (AvgIpc) is 2.97. The second-order valence-electron chi connectivity index (χ2n) is 5.31. The van der Waals surface area contributed by atoms with Gasteiger partial charge in [0.25, 0.3) is 0 Å². The summed E-state index contributed by atoms with van der Waals surface area (Å²) in [6, 6.07) is 12.7. The molecule has 0 bridgehead atoms. The van der Waals surface area contributed by atoms with Crippen LogP contribution in [0.4, 0.5) is 0 Å². The SMILES string of the molecule is COC(=O)C1COc2c(C(=O)c3ccccc3)cc(C)cc21. The molecule has 1 atom stereocenters. The van der Waals surface area contributed by atoms with Crippen LogP contribution in [0.5, 0.6) is 5.75 Å². The third kappa shape index (κ3) is 2.37. The Labute approximate surface area is 128 Å². The fourth-order valence-electron chi connectivity index (χ4n) is 2.73. The van der Waals surface area contributed by atoms with Gasteiger partial charge in [-0.2, -0.15) is 0 Å². The van der Waals surface area contributed by atoms with Gasteiger partial charge in [0.15, 0.2) is 5.78 Å². The molecule has 0 saturated carbocycles. The molecule has 1 aliphatic rings. The fourth-order valence-corrected chi connectivity index (χ4v) is 2.73. The van der Waals surface area contributed by atoms with Gasteiger partial charge in [0.2, 0.25) is 0 Å². The van der Waals surface area contributed by atoms with E-state index in [-0.39, 0.29) is 18.4 Å². The molecule has 2 aromatic rings. The van der Waals surface area contributed by atoms with Gasteiger partial charge in [-0.05, 0) is 18.6 Å². The first-order chi connectivity index (χ1) is 10.6. The summed E-state index contributed by atoms with van der Waals surface area (Å²) in [5.41, 5.74) is 2.73. The van der Waals surface area contributed by atoms with Crippen molar-refractivity contribution >= 4 is 11.8 Å². The highest BCUT2D eigenvalue weighted by Crippen LogP contribution is 2.39. The van der Waals surface area contributed by atoms with E-state index < -0.39 is 5.92 Å². The first kappa shape index (κ1) is 14.3. The molecule has 0 spiro atoms. The summed E-state index contributed by atoms with van der Waals surface area (Å²) in [4.78, 5) is 24.6. The summed E-state index contributed by atoms with van der Waals surface area (Å²) >= 11 is 0. The van der Waals surface area contributed by atoms with Crippen LogP contribution >= 0.6 is 0 Å². The molecule has 0 saturated heterocycles. The summed E-state index contributed by atoms with van der Waals surface area (Å²) in [6.45, 7) is 2.11. The third-order valence-electron chi connectivity index (χ3n) is 3.80. The molecule has 0 aliphatic carbocycles. The monoisotopic (exact) mass is 296 g/mol. The summed E-state index contributed by atoms with van der Waals surface area (Å²) in [5, 5.41) is 0. The highest BCUT2D eigenvalue weighted by atomic mass is 16.5. The minimum atomic E-state index is -0.470. The lowest BCUT2D eigenvalue weighted by atomic mass is 9.93. The number of carbonyl (C=O) groups excluding carboxylic acids is 2. The van der Waals surface area contributed by atoms with Crippen molar-refractivity contribution in [2.45, 2.75) is 12.8 Å². The third-order valence-corrected chi connectivity index (χ3v) is 3.80. The van der Waals surface area contributed by atoms with Gasteiger partial charge in [0.05, 0.1) is 12.7 Å². The van der Waals surface area contributed by atoms with Crippen LogP contribution in [0.1, 0.15) is 33.0 Å². The fraction of sp³-hybridized carbons (Fsp3) is 0.222. The Morgan fingerprint density at radius 3 is 2.59 bits per heavy atom. The molecule has 1 aliphatic heterocycles. The lowest BCUT2D eigenvalue weighted by molar-refractivity contribution is -0.142. The predicted molar refractivity (Wildman–Crippen MR) is 81.3 cm³/mol. The van der Waals surface area contributed by atoms with E-state index in [4.69, 9.17) is 9.47 Å². The van der Waals surface area contributed by atoms with Crippen LogP contribution in [0, 0.1) is 6.92 Å². The summed E-state index contributed by atoms with van der Waals surface area (Å²) in [6.07, 6.45) is 0. The maximum atomic E-state index is 12.7. The van der Waals surface area contributed by atoms with Crippen LogP contribution in [0.3, 0.4) is 0 Å². The lowest BCUT2D eigenvalue weighted by Crippen LogP contribution is -2.15. The van der Waals surface area contributed by atoms with Crippen LogP contribution < -0.4 is 4.74 Å². The molecule has 0 fully saturated rings. The molecule has 0 amide bonds. The summed E-state index contributed by atoms with van der Waals surface area (Å²) < 4.78 is 10.5. The van der Waals surface area contributed by atoms with E-state index in [9.17, 15) is 9.59 Å². The molecular formula is C18H16O4. The second kappa shape index (κ2) is 5.64. The number of benzene rings is 2. The Hall–Kier alpha value is -2.62. The molecule has 4 nitrogen and oxygen atoms in total. The molecule has 1 unspecified atom stereocenters. The number of ketones is 1. The van der Waals surface area contributed by atoms with E-state index in [1.54, 1.807) is 18.2 Å². The van der Waals surface area contributed by atoms with Gasteiger partial charge >= 0.3 is 5.97 Å². The quantitative estimate of drug-likeness (QED) is 0.645. The second-order valence-corrected chi connectivity index (χ2v) is 5.31. The lowest BCUT2D eigenvalue weighted by Gasteiger charge is -2.10. The number of carbonyl (C=O) groups is 2. The number of rotatable bonds is 3. The van der Waals surface area contributed by atoms with Crippen molar-refractivity contribution in [1.29, 1.82) is 0 Å². The maximum absolute atomic E-state index is 12.7. The van der Waals surface area contributed by atoms with E-state index in [1.807, 2.05) is 31.2 Å². The molecule has 3 rings (SSSR count). The number of aryl methyl sites for hydroxylation is 1. The number of ether oxygens (including phenoxy) is 2. The van der Waals surface area contributed by atoms with Gasteiger partial charge in [-0.1, -0.05) is 36.4 Å². The van der Waals surface area contributed by atoms with Gasteiger partial charge in [0.1, 0.15) is 18.3 Å². The van der Waals surface area contributed by atoms with Crippen LogP contribution in [0.15, 0.2) is 42.5 Å². The first-order valence-corrected chi connectivity index (χ1v) is 7.06. The van der Waals surface area contributed by atoms with E-state index >= 15 is 0 Å². The van der Waals surface area contributed by atoms with E-state index in [1.165, 1.54) is 7.11 Å².